The number of benzene rings is 3. The van der Waals surface area contributed by atoms with Crippen LogP contribution in [0.3, 0.4) is 0 Å². The Kier molecular flexibility index (Phi) is 4.57. The molecule has 0 aliphatic rings. The average molecular weight is 416 g/mol. The first-order valence-corrected chi connectivity index (χ1v) is 8.03. The number of hydrogen-bond acceptors (Lipinski definition) is 3. The van der Waals surface area contributed by atoms with Gasteiger partial charge in [-0.05, 0) is 51.6 Å². The van der Waals surface area contributed by atoms with Gasteiger partial charge in [0.05, 0.1) is 11.8 Å². The van der Waals surface area contributed by atoms with Crippen LogP contribution in [0.4, 0.5) is 0 Å². The highest BCUT2D eigenvalue weighted by Crippen LogP contribution is 2.25. The van der Waals surface area contributed by atoms with Crippen molar-refractivity contribution in [1.29, 1.82) is 0 Å². The molecule has 0 saturated carbocycles. The quantitative estimate of drug-likeness (QED) is 0.387. The summed E-state index contributed by atoms with van der Waals surface area (Å²) < 4.78 is 0.853. The van der Waals surface area contributed by atoms with Crippen molar-refractivity contribution in [2.75, 3.05) is 0 Å². The van der Waals surface area contributed by atoms with Crippen LogP contribution in [0.5, 0.6) is 5.75 Å². The number of hydrazone groups is 1. The lowest BCUT2D eigenvalue weighted by Gasteiger charge is -2.05. The van der Waals surface area contributed by atoms with Gasteiger partial charge in [0.2, 0.25) is 0 Å². The van der Waals surface area contributed by atoms with Gasteiger partial charge in [-0.3, -0.25) is 4.79 Å². The minimum atomic E-state index is -0.286. The smallest absolute Gasteiger partial charge is 0.272 e. The standard InChI is InChI=1S/C18H13IN2O2/c19-16-8-4-3-7-14(16)18(23)21-20-11-15-13-6-2-1-5-12(13)9-10-17(15)22/h1-11,22H,(H,21,23)/b20-11-. The normalized spacial score (nSPS) is 11.0. The molecule has 0 saturated heterocycles. The minimum absolute atomic E-state index is 0.121. The molecule has 0 aliphatic heterocycles. The van der Waals surface area contributed by atoms with E-state index < -0.39 is 0 Å². The van der Waals surface area contributed by atoms with Crippen molar-refractivity contribution in [1.82, 2.24) is 5.43 Å². The highest BCUT2D eigenvalue weighted by Gasteiger charge is 2.08. The third kappa shape index (κ3) is 3.34. The maximum absolute atomic E-state index is 12.1. The molecule has 3 aromatic rings. The lowest BCUT2D eigenvalue weighted by atomic mass is 10.0. The number of nitrogens with one attached hydrogen (secondary N) is 1. The van der Waals surface area contributed by atoms with Gasteiger partial charge in [0, 0.05) is 9.13 Å². The number of hydrogen-bond donors (Lipinski definition) is 2. The molecular weight excluding hydrogens is 403 g/mol. The molecule has 3 rings (SSSR count). The number of aromatic hydroxyl groups is 1. The van der Waals surface area contributed by atoms with Gasteiger partial charge in [-0.15, -0.1) is 0 Å². The summed E-state index contributed by atoms with van der Waals surface area (Å²) in [6, 6.07) is 18.4. The fraction of sp³-hybridized carbons (Fsp3) is 0. The number of carbonyl (C=O) groups is 1. The SMILES string of the molecule is O=C(N/N=C\c1c(O)ccc2ccccc12)c1ccccc1I. The number of phenols is 1. The Balaban J connectivity index is 1.85. The van der Waals surface area contributed by atoms with Crippen LogP contribution >= 0.6 is 22.6 Å². The molecule has 0 bridgehead atoms. The molecule has 0 aliphatic carbocycles. The molecule has 0 heterocycles. The third-order valence-electron chi connectivity index (χ3n) is 3.43. The topological polar surface area (TPSA) is 61.7 Å². The van der Waals surface area contributed by atoms with E-state index in [1.807, 2.05) is 42.5 Å². The second-order valence-electron chi connectivity index (χ2n) is 4.90. The van der Waals surface area contributed by atoms with Crippen molar-refractivity contribution in [2.45, 2.75) is 0 Å². The van der Waals surface area contributed by atoms with Gasteiger partial charge in [0.1, 0.15) is 5.75 Å². The van der Waals surface area contributed by atoms with E-state index in [1.54, 1.807) is 18.2 Å². The van der Waals surface area contributed by atoms with Crippen LogP contribution < -0.4 is 5.43 Å². The molecule has 0 atom stereocenters. The zero-order valence-corrected chi connectivity index (χ0v) is 14.2. The lowest BCUT2D eigenvalue weighted by Crippen LogP contribution is -2.18. The van der Waals surface area contributed by atoms with Gasteiger partial charge in [-0.2, -0.15) is 5.10 Å². The molecule has 4 nitrogen and oxygen atoms in total. The Morgan fingerprint density at radius 3 is 2.61 bits per heavy atom. The fourth-order valence-electron chi connectivity index (χ4n) is 2.28. The first-order valence-electron chi connectivity index (χ1n) is 6.95. The fourth-order valence-corrected chi connectivity index (χ4v) is 2.91. The number of phenolic OH excluding ortho intramolecular Hbond substituents is 1. The molecule has 0 aromatic heterocycles. The lowest BCUT2D eigenvalue weighted by molar-refractivity contribution is 0.0954. The summed E-state index contributed by atoms with van der Waals surface area (Å²) in [6.07, 6.45) is 1.46. The van der Waals surface area contributed by atoms with Gasteiger partial charge in [0.15, 0.2) is 0 Å². The van der Waals surface area contributed by atoms with Crippen molar-refractivity contribution in [3.8, 4) is 5.75 Å². The van der Waals surface area contributed by atoms with Gasteiger partial charge in [0.25, 0.3) is 5.91 Å². The summed E-state index contributed by atoms with van der Waals surface area (Å²) in [6.45, 7) is 0. The molecule has 0 fully saturated rings. The molecule has 3 aromatic carbocycles. The van der Waals surface area contributed by atoms with Crippen molar-refractivity contribution >= 4 is 45.5 Å². The van der Waals surface area contributed by atoms with Gasteiger partial charge >= 0.3 is 0 Å². The molecule has 0 unspecified atom stereocenters. The molecule has 1 amide bonds. The Labute approximate surface area is 147 Å². The van der Waals surface area contributed by atoms with E-state index in [-0.39, 0.29) is 11.7 Å². The summed E-state index contributed by atoms with van der Waals surface area (Å²) in [4.78, 5) is 12.1. The van der Waals surface area contributed by atoms with E-state index >= 15 is 0 Å². The zero-order valence-electron chi connectivity index (χ0n) is 12.0. The molecule has 2 N–H and O–H groups in total. The van der Waals surface area contributed by atoms with E-state index in [0.717, 1.165) is 14.3 Å². The summed E-state index contributed by atoms with van der Waals surface area (Å²) in [7, 11) is 0. The Morgan fingerprint density at radius 2 is 1.78 bits per heavy atom. The molecule has 0 spiro atoms. The number of nitrogens with zero attached hydrogens (tertiary/aromatic N) is 1. The van der Waals surface area contributed by atoms with Crippen LogP contribution in [-0.4, -0.2) is 17.2 Å². The van der Waals surface area contributed by atoms with Crippen LogP contribution in [0.15, 0.2) is 65.8 Å². The van der Waals surface area contributed by atoms with Crippen molar-refractivity contribution in [2.24, 2.45) is 5.10 Å². The Morgan fingerprint density at radius 1 is 1.04 bits per heavy atom. The van der Waals surface area contributed by atoms with E-state index in [1.165, 1.54) is 6.21 Å². The Bertz CT molecular complexity index is 906. The van der Waals surface area contributed by atoms with Crippen LogP contribution in [0.1, 0.15) is 15.9 Å². The second-order valence-corrected chi connectivity index (χ2v) is 6.06. The third-order valence-corrected chi connectivity index (χ3v) is 4.37. The van der Waals surface area contributed by atoms with Crippen LogP contribution in [-0.2, 0) is 0 Å². The van der Waals surface area contributed by atoms with E-state index in [9.17, 15) is 9.90 Å². The number of fused-ring (bicyclic) bond motifs is 1. The molecule has 23 heavy (non-hydrogen) atoms. The summed E-state index contributed by atoms with van der Waals surface area (Å²) in [5.74, 6) is -0.165. The predicted octanol–water partition coefficient (Wildman–Crippen LogP) is 3.91. The zero-order chi connectivity index (χ0) is 16.2. The monoisotopic (exact) mass is 416 g/mol. The minimum Gasteiger partial charge on any atom is -0.507 e. The van der Waals surface area contributed by atoms with E-state index in [0.29, 0.717) is 11.1 Å². The first-order chi connectivity index (χ1) is 11.2. The molecular formula is C18H13IN2O2. The number of amides is 1. The maximum atomic E-state index is 12.1. The highest BCUT2D eigenvalue weighted by molar-refractivity contribution is 14.1. The first kappa shape index (κ1) is 15.5. The van der Waals surface area contributed by atoms with Gasteiger partial charge < -0.3 is 5.11 Å². The van der Waals surface area contributed by atoms with E-state index in [2.05, 4.69) is 33.1 Å². The Hall–Kier alpha value is -2.41. The molecule has 114 valence electrons. The molecule has 5 heteroatoms. The summed E-state index contributed by atoms with van der Waals surface area (Å²) >= 11 is 2.10. The maximum Gasteiger partial charge on any atom is 0.272 e. The number of rotatable bonds is 3. The second kappa shape index (κ2) is 6.78. The average Bonchev–Trinajstić information content (AvgIpc) is 2.57. The number of halogens is 1. The van der Waals surface area contributed by atoms with Gasteiger partial charge in [-0.1, -0.05) is 42.5 Å². The van der Waals surface area contributed by atoms with Crippen LogP contribution in [0.2, 0.25) is 0 Å². The van der Waals surface area contributed by atoms with Gasteiger partial charge in [-0.25, -0.2) is 5.43 Å². The summed E-state index contributed by atoms with van der Waals surface area (Å²) in [5, 5.41) is 15.9. The van der Waals surface area contributed by atoms with Crippen molar-refractivity contribution in [3.63, 3.8) is 0 Å². The van der Waals surface area contributed by atoms with Crippen LogP contribution in [0, 0.1) is 3.57 Å². The van der Waals surface area contributed by atoms with Crippen molar-refractivity contribution < 1.29 is 9.90 Å². The largest absolute Gasteiger partial charge is 0.507 e. The summed E-state index contributed by atoms with van der Waals surface area (Å²) in [5.41, 5.74) is 3.63. The molecule has 0 radical (unpaired) electrons. The van der Waals surface area contributed by atoms with Crippen molar-refractivity contribution in [3.05, 3.63) is 75.4 Å². The predicted molar refractivity (Wildman–Crippen MR) is 99.8 cm³/mol. The number of carbonyl (C=O) groups excluding carboxylic acids is 1. The van der Waals surface area contributed by atoms with E-state index in [4.69, 9.17) is 0 Å². The highest BCUT2D eigenvalue weighted by atomic mass is 127. The van der Waals surface area contributed by atoms with Crippen LogP contribution in [0.25, 0.3) is 10.8 Å².